The molecule has 0 bridgehead atoms. The number of nitrogens with one attached hydrogen (secondary N) is 1. The topological polar surface area (TPSA) is 96.4 Å². The van der Waals surface area contributed by atoms with Crippen molar-refractivity contribution in [3.8, 4) is 0 Å². The number of nitrogens with zero attached hydrogens (tertiary/aromatic N) is 2. The third-order valence-electron chi connectivity index (χ3n) is 4.18. The molecular formula is C17H19N3O4S2. The van der Waals surface area contributed by atoms with E-state index in [0.717, 1.165) is 14.9 Å². The second-order valence-corrected chi connectivity index (χ2v) is 9.90. The molecule has 1 saturated heterocycles. The molecule has 0 saturated carbocycles. The van der Waals surface area contributed by atoms with Crippen LogP contribution in [0, 0.1) is 19.3 Å². The maximum Gasteiger partial charge on any atom is 0.257 e. The van der Waals surface area contributed by atoms with Gasteiger partial charge in [-0.1, -0.05) is 6.07 Å². The van der Waals surface area contributed by atoms with Crippen molar-refractivity contribution in [3.63, 3.8) is 0 Å². The molecule has 2 aromatic rings. The van der Waals surface area contributed by atoms with Crippen molar-refractivity contribution < 1.29 is 18.0 Å². The van der Waals surface area contributed by atoms with Gasteiger partial charge in [-0.05, 0) is 45.9 Å². The number of amides is 2. The van der Waals surface area contributed by atoms with Crippen LogP contribution in [0.1, 0.15) is 34.8 Å². The van der Waals surface area contributed by atoms with E-state index in [2.05, 4.69) is 10.3 Å². The largest absolute Gasteiger partial charge is 0.298 e. The maximum absolute atomic E-state index is 12.5. The van der Waals surface area contributed by atoms with Crippen molar-refractivity contribution in [2.45, 2.75) is 27.7 Å². The molecule has 3 rings (SSSR count). The number of hydrogen-bond donors (Lipinski definition) is 1. The molecule has 2 heterocycles. The van der Waals surface area contributed by atoms with Crippen LogP contribution in [0.3, 0.4) is 0 Å². The lowest BCUT2D eigenvalue weighted by Gasteiger charge is -2.18. The van der Waals surface area contributed by atoms with Crippen molar-refractivity contribution >= 4 is 44.0 Å². The Balaban J connectivity index is 1.91. The zero-order chi connectivity index (χ0) is 19.3. The number of thiazole rings is 1. The highest BCUT2D eigenvalue weighted by Crippen LogP contribution is 2.36. The van der Waals surface area contributed by atoms with E-state index in [1.807, 2.05) is 13.8 Å². The molecule has 0 unspecified atom stereocenters. The highest BCUT2D eigenvalue weighted by molar-refractivity contribution is 7.94. The summed E-state index contributed by atoms with van der Waals surface area (Å²) in [7, 11) is -3.76. The Morgan fingerprint density at radius 2 is 2.00 bits per heavy atom. The van der Waals surface area contributed by atoms with Gasteiger partial charge in [0.1, 0.15) is 0 Å². The minimum Gasteiger partial charge on any atom is -0.298 e. The standard InChI is InChI=1S/C17H19N3O4S2/c1-10-11(2)25-16(18-10)19-14(21)12-6-5-7-13(8-12)20-15(22)17(3,4)9-26(20,23)24/h5-8H,9H2,1-4H3,(H,18,19,21). The van der Waals surface area contributed by atoms with E-state index < -0.39 is 27.3 Å². The number of anilines is 2. The zero-order valence-corrected chi connectivity index (χ0v) is 16.5. The molecule has 138 valence electrons. The lowest BCUT2D eigenvalue weighted by atomic mass is 9.95. The number of carbonyl (C=O) groups is 2. The average molecular weight is 393 g/mol. The number of aryl methyl sites for hydroxylation is 2. The molecular weight excluding hydrogens is 374 g/mol. The van der Waals surface area contributed by atoms with Crippen molar-refractivity contribution in [2.75, 3.05) is 15.4 Å². The summed E-state index contributed by atoms with van der Waals surface area (Å²) in [6.45, 7) is 6.95. The zero-order valence-electron chi connectivity index (χ0n) is 14.9. The van der Waals surface area contributed by atoms with Crippen LogP contribution in [0.15, 0.2) is 24.3 Å². The first-order chi connectivity index (χ1) is 12.0. The van der Waals surface area contributed by atoms with Crippen LogP contribution in [-0.2, 0) is 14.8 Å². The normalized spacial score (nSPS) is 18.2. The summed E-state index contributed by atoms with van der Waals surface area (Å²) in [5, 5.41) is 3.17. The number of rotatable bonds is 3. The van der Waals surface area contributed by atoms with Crippen LogP contribution in [0.5, 0.6) is 0 Å². The monoisotopic (exact) mass is 393 g/mol. The van der Waals surface area contributed by atoms with Crippen LogP contribution in [0.4, 0.5) is 10.8 Å². The molecule has 1 N–H and O–H groups in total. The van der Waals surface area contributed by atoms with E-state index in [1.54, 1.807) is 26.0 Å². The molecule has 9 heteroatoms. The summed E-state index contributed by atoms with van der Waals surface area (Å²) < 4.78 is 25.6. The predicted octanol–water partition coefficient (Wildman–Crippen LogP) is 2.71. The van der Waals surface area contributed by atoms with Gasteiger partial charge >= 0.3 is 0 Å². The summed E-state index contributed by atoms with van der Waals surface area (Å²) in [5.41, 5.74) is 0.267. The first-order valence-corrected chi connectivity index (χ1v) is 10.4. The first kappa shape index (κ1) is 18.5. The summed E-state index contributed by atoms with van der Waals surface area (Å²) >= 11 is 1.36. The van der Waals surface area contributed by atoms with Crippen molar-refractivity contribution in [2.24, 2.45) is 5.41 Å². The molecule has 1 aromatic carbocycles. The first-order valence-electron chi connectivity index (χ1n) is 7.94. The van der Waals surface area contributed by atoms with E-state index in [0.29, 0.717) is 5.13 Å². The van der Waals surface area contributed by atoms with Gasteiger partial charge in [0.15, 0.2) is 5.13 Å². The van der Waals surface area contributed by atoms with Gasteiger partial charge in [0.2, 0.25) is 15.9 Å². The van der Waals surface area contributed by atoms with E-state index in [9.17, 15) is 18.0 Å². The second kappa shape index (κ2) is 6.17. The lowest BCUT2D eigenvalue weighted by molar-refractivity contribution is -0.123. The van der Waals surface area contributed by atoms with E-state index in [-0.39, 0.29) is 17.0 Å². The van der Waals surface area contributed by atoms with Crippen molar-refractivity contribution in [1.29, 1.82) is 0 Å². The number of sulfonamides is 1. The molecule has 26 heavy (non-hydrogen) atoms. The molecule has 0 atom stereocenters. The molecule has 7 nitrogen and oxygen atoms in total. The van der Waals surface area contributed by atoms with Gasteiger partial charge in [0.05, 0.1) is 22.5 Å². The summed E-state index contributed by atoms with van der Waals surface area (Å²) in [4.78, 5) is 30.2. The van der Waals surface area contributed by atoms with Crippen molar-refractivity contribution in [3.05, 3.63) is 40.4 Å². The van der Waals surface area contributed by atoms with Gasteiger partial charge in [0.25, 0.3) is 5.91 Å². The van der Waals surface area contributed by atoms with Gasteiger partial charge in [-0.2, -0.15) is 0 Å². The molecule has 1 aliphatic rings. The third-order valence-corrected chi connectivity index (χ3v) is 7.18. The summed E-state index contributed by atoms with van der Waals surface area (Å²) in [6.07, 6.45) is 0. The highest BCUT2D eigenvalue weighted by Gasteiger charge is 2.49. The SMILES string of the molecule is Cc1nc(NC(=O)c2cccc(N3C(=O)C(C)(C)CS3(=O)=O)c2)sc1C. The predicted molar refractivity (Wildman–Crippen MR) is 101 cm³/mol. The van der Waals surface area contributed by atoms with Crippen LogP contribution >= 0.6 is 11.3 Å². The molecule has 0 aliphatic carbocycles. The second-order valence-electron chi connectivity index (χ2n) is 6.87. The number of aromatic nitrogens is 1. The molecule has 1 aromatic heterocycles. The maximum atomic E-state index is 12.5. The molecule has 0 radical (unpaired) electrons. The van der Waals surface area contributed by atoms with E-state index >= 15 is 0 Å². The molecule has 1 aliphatic heterocycles. The Kier molecular flexibility index (Phi) is 4.40. The quantitative estimate of drug-likeness (QED) is 0.865. The Bertz CT molecular complexity index is 989. The van der Waals surface area contributed by atoms with Gasteiger partial charge in [-0.3, -0.25) is 14.9 Å². The van der Waals surface area contributed by atoms with E-state index in [1.165, 1.54) is 23.5 Å². The van der Waals surface area contributed by atoms with Crippen molar-refractivity contribution in [1.82, 2.24) is 4.98 Å². The number of hydrogen-bond acceptors (Lipinski definition) is 6. The van der Waals surface area contributed by atoms with Gasteiger partial charge in [-0.25, -0.2) is 17.7 Å². The fourth-order valence-electron chi connectivity index (χ4n) is 2.73. The number of benzene rings is 1. The van der Waals surface area contributed by atoms with Gasteiger partial charge < -0.3 is 0 Å². The van der Waals surface area contributed by atoms with Crippen LogP contribution in [0.25, 0.3) is 0 Å². The molecule has 2 amide bonds. The minimum absolute atomic E-state index is 0.166. The molecule has 1 fully saturated rings. The Labute approximate surface area is 156 Å². The van der Waals surface area contributed by atoms with Crippen LogP contribution in [0.2, 0.25) is 0 Å². The Morgan fingerprint density at radius 3 is 2.54 bits per heavy atom. The fraction of sp³-hybridized carbons (Fsp3) is 0.353. The summed E-state index contributed by atoms with van der Waals surface area (Å²) in [5.74, 6) is -1.17. The van der Waals surface area contributed by atoms with Gasteiger partial charge in [0, 0.05) is 10.4 Å². The fourth-order valence-corrected chi connectivity index (χ4v) is 5.64. The number of carbonyl (C=O) groups excluding carboxylic acids is 2. The third kappa shape index (κ3) is 3.24. The molecule has 0 spiro atoms. The highest BCUT2D eigenvalue weighted by atomic mass is 32.2. The Morgan fingerprint density at radius 1 is 1.31 bits per heavy atom. The summed E-state index contributed by atoms with van der Waals surface area (Å²) in [6, 6.07) is 6.02. The minimum atomic E-state index is -3.76. The average Bonchev–Trinajstić information content (AvgIpc) is 2.91. The lowest BCUT2D eigenvalue weighted by Crippen LogP contribution is -2.33. The van der Waals surface area contributed by atoms with Crippen LogP contribution < -0.4 is 9.62 Å². The smallest absolute Gasteiger partial charge is 0.257 e. The van der Waals surface area contributed by atoms with E-state index in [4.69, 9.17) is 0 Å². The Hall–Kier alpha value is -2.26. The van der Waals surface area contributed by atoms with Crippen LogP contribution in [-0.4, -0.2) is 31.0 Å². The van der Waals surface area contributed by atoms with Gasteiger partial charge in [-0.15, -0.1) is 11.3 Å².